The van der Waals surface area contributed by atoms with Crippen molar-refractivity contribution in [3.05, 3.63) is 18.0 Å². The fourth-order valence-electron chi connectivity index (χ4n) is 1.39. The Labute approximate surface area is 108 Å². The fraction of sp³-hybridized carbons (Fsp3) is 0.400. The number of nitrogens with two attached hydrogens (primary N) is 1. The molecule has 104 valence electrons. The number of carbonyl (C=O) groups is 3. The van der Waals surface area contributed by atoms with Crippen LogP contribution in [0.15, 0.2) is 12.4 Å². The Morgan fingerprint density at radius 3 is 2.53 bits per heavy atom. The van der Waals surface area contributed by atoms with E-state index in [-0.39, 0.29) is 0 Å². The minimum absolute atomic E-state index is 0.402. The molecular formula is C10H14N4O5. The first-order chi connectivity index (χ1) is 8.81. The lowest BCUT2D eigenvalue weighted by Crippen LogP contribution is -2.45. The van der Waals surface area contributed by atoms with Crippen LogP contribution in [0.1, 0.15) is 18.0 Å². The van der Waals surface area contributed by atoms with Gasteiger partial charge in [0.15, 0.2) is 0 Å². The van der Waals surface area contributed by atoms with Crippen molar-refractivity contribution in [2.45, 2.75) is 18.5 Å². The summed E-state index contributed by atoms with van der Waals surface area (Å²) in [5, 5.41) is 23.2. The Morgan fingerprint density at radius 2 is 2.11 bits per heavy atom. The van der Waals surface area contributed by atoms with Crippen LogP contribution in [-0.2, 0) is 21.4 Å². The van der Waals surface area contributed by atoms with E-state index in [9.17, 15) is 14.4 Å². The van der Waals surface area contributed by atoms with Crippen LogP contribution < -0.4 is 11.1 Å². The molecule has 19 heavy (non-hydrogen) atoms. The van der Waals surface area contributed by atoms with E-state index in [0.29, 0.717) is 5.56 Å². The number of aromatic nitrogens is 2. The number of nitrogens with zero attached hydrogens (tertiary/aromatic N) is 2. The molecule has 0 radical (unpaired) electrons. The van der Waals surface area contributed by atoms with Crippen molar-refractivity contribution in [3.8, 4) is 0 Å². The maximum absolute atomic E-state index is 11.7. The molecule has 9 nitrogen and oxygen atoms in total. The quantitative estimate of drug-likeness (QED) is 0.489. The summed E-state index contributed by atoms with van der Waals surface area (Å²) in [7, 11) is 1.64. The third-order valence-corrected chi connectivity index (χ3v) is 2.36. The third kappa shape index (κ3) is 4.07. The number of hydrogen-bond acceptors (Lipinski definition) is 5. The van der Waals surface area contributed by atoms with Gasteiger partial charge >= 0.3 is 11.9 Å². The number of rotatable bonds is 6. The number of carboxylic acid groups (broad SMARTS) is 2. The second-order valence-corrected chi connectivity index (χ2v) is 3.92. The highest BCUT2D eigenvalue weighted by Crippen LogP contribution is 2.09. The minimum Gasteiger partial charge on any atom is -0.481 e. The van der Waals surface area contributed by atoms with Crippen LogP contribution in [0.4, 0.5) is 0 Å². The first-order valence-electron chi connectivity index (χ1n) is 5.30. The van der Waals surface area contributed by atoms with Gasteiger partial charge in [-0.1, -0.05) is 0 Å². The Morgan fingerprint density at radius 1 is 1.47 bits per heavy atom. The van der Waals surface area contributed by atoms with Gasteiger partial charge in [-0.05, 0) is 0 Å². The Balaban J connectivity index is 2.71. The fourth-order valence-corrected chi connectivity index (χ4v) is 1.39. The molecule has 5 N–H and O–H groups in total. The SMILES string of the molecule is Cn1cc(C(N)C(=O)NC(CC(=O)O)C(=O)O)cn1. The van der Waals surface area contributed by atoms with E-state index in [2.05, 4.69) is 10.4 Å². The number of hydrogen-bond donors (Lipinski definition) is 4. The average Bonchev–Trinajstić information content (AvgIpc) is 2.73. The first-order valence-corrected chi connectivity index (χ1v) is 5.30. The van der Waals surface area contributed by atoms with E-state index in [1.54, 1.807) is 7.05 Å². The van der Waals surface area contributed by atoms with Crippen LogP contribution in [0.3, 0.4) is 0 Å². The predicted molar refractivity (Wildman–Crippen MR) is 62.0 cm³/mol. The number of carboxylic acids is 2. The monoisotopic (exact) mass is 270 g/mol. The number of nitrogens with one attached hydrogen (secondary N) is 1. The van der Waals surface area contributed by atoms with Crippen LogP contribution >= 0.6 is 0 Å². The molecule has 0 aliphatic heterocycles. The molecule has 1 rings (SSSR count). The van der Waals surface area contributed by atoms with Gasteiger partial charge in [0.05, 0.1) is 12.6 Å². The molecular weight excluding hydrogens is 256 g/mol. The van der Waals surface area contributed by atoms with E-state index < -0.39 is 36.4 Å². The standard InChI is InChI=1S/C10H14N4O5/c1-14-4-5(3-12-14)8(11)9(17)13-6(10(18)19)2-7(15)16/h3-4,6,8H,2,11H2,1H3,(H,13,17)(H,15,16)(H,18,19). The van der Waals surface area contributed by atoms with E-state index in [1.165, 1.54) is 17.1 Å². The Kier molecular flexibility index (Phi) is 4.59. The molecule has 2 atom stereocenters. The van der Waals surface area contributed by atoms with Gasteiger partial charge in [-0.15, -0.1) is 0 Å². The molecule has 0 spiro atoms. The van der Waals surface area contributed by atoms with Crippen molar-refractivity contribution in [1.82, 2.24) is 15.1 Å². The zero-order valence-corrected chi connectivity index (χ0v) is 10.1. The highest BCUT2D eigenvalue weighted by Gasteiger charge is 2.26. The van der Waals surface area contributed by atoms with Crippen molar-refractivity contribution in [2.75, 3.05) is 0 Å². The average molecular weight is 270 g/mol. The number of aryl methyl sites for hydroxylation is 1. The van der Waals surface area contributed by atoms with Crippen molar-refractivity contribution < 1.29 is 24.6 Å². The minimum atomic E-state index is -1.52. The smallest absolute Gasteiger partial charge is 0.326 e. The molecule has 9 heteroatoms. The summed E-state index contributed by atoms with van der Waals surface area (Å²) in [6.07, 6.45) is 2.16. The predicted octanol–water partition coefficient (Wildman–Crippen LogP) is -1.54. The molecule has 1 aromatic heterocycles. The zero-order chi connectivity index (χ0) is 14.6. The van der Waals surface area contributed by atoms with E-state index in [4.69, 9.17) is 15.9 Å². The topological polar surface area (TPSA) is 148 Å². The van der Waals surface area contributed by atoms with Crippen LogP contribution in [0.2, 0.25) is 0 Å². The van der Waals surface area contributed by atoms with Gasteiger partial charge in [-0.25, -0.2) is 4.79 Å². The number of carbonyl (C=O) groups excluding carboxylic acids is 1. The molecule has 0 aromatic carbocycles. The molecule has 1 amide bonds. The Hall–Kier alpha value is -2.42. The molecule has 1 aromatic rings. The van der Waals surface area contributed by atoms with Crippen molar-refractivity contribution >= 4 is 17.8 Å². The van der Waals surface area contributed by atoms with Crippen LogP contribution in [-0.4, -0.2) is 43.9 Å². The highest BCUT2D eigenvalue weighted by molar-refractivity contribution is 5.89. The number of amides is 1. The molecule has 0 bridgehead atoms. The Bertz CT molecular complexity index is 498. The maximum Gasteiger partial charge on any atom is 0.326 e. The first kappa shape index (κ1) is 14.6. The van der Waals surface area contributed by atoms with E-state index >= 15 is 0 Å². The molecule has 0 aliphatic rings. The normalized spacial score (nSPS) is 13.6. The van der Waals surface area contributed by atoms with Gasteiger partial charge in [0.2, 0.25) is 5.91 Å². The lowest BCUT2D eigenvalue weighted by atomic mass is 10.1. The van der Waals surface area contributed by atoms with Crippen molar-refractivity contribution in [3.63, 3.8) is 0 Å². The van der Waals surface area contributed by atoms with Crippen molar-refractivity contribution in [2.24, 2.45) is 12.8 Å². The van der Waals surface area contributed by atoms with Crippen LogP contribution in [0.5, 0.6) is 0 Å². The molecule has 0 saturated heterocycles. The highest BCUT2D eigenvalue weighted by atomic mass is 16.4. The van der Waals surface area contributed by atoms with E-state index in [0.717, 1.165) is 0 Å². The largest absolute Gasteiger partial charge is 0.481 e. The maximum atomic E-state index is 11.7. The molecule has 0 aliphatic carbocycles. The lowest BCUT2D eigenvalue weighted by Gasteiger charge is -2.15. The lowest BCUT2D eigenvalue weighted by molar-refractivity contribution is -0.147. The summed E-state index contributed by atoms with van der Waals surface area (Å²) in [5.41, 5.74) is 6.03. The van der Waals surface area contributed by atoms with Gasteiger partial charge in [-0.3, -0.25) is 14.3 Å². The van der Waals surface area contributed by atoms with Gasteiger partial charge in [0.25, 0.3) is 0 Å². The summed E-state index contributed by atoms with van der Waals surface area (Å²) in [4.78, 5) is 33.0. The number of aliphatic carboxylic acids is 2. The summed E-state index contributed by atoms with van der Waals surface area (Å²) in [6, 6.07) is -2.63. The third-order valence-electron chi connectivity index (χ3n) is 2.36. The van der Waals surface area contributed by atoms with Crippen molar-refractivity contribution in [1.29, 1.82) is 0 Å². The summed E-state index contributed by atoms with van der Waals surface area (Å²) in [5.74, 6) is -3.54. The molecule has 2 unspecified atom stereocenters. The molecule has 1 heterocycles. The van der Waals surface area contributed by atoms with E-state index in [1.807, 2.05) is 0 Å². The van der Waals surface area contributed by atoms with Crippen LogP contribution in [0, 0.1) is 0 Å². The summed E-state index contributed by atoms with van der Waals surface area (Å²) < 4.78 is 1.44. The zero-order valence-electron chi connectivity index (χ0n) is 10.1. The second-order valence-electron chi connectivity index (χ2n) is 3.92. The van der Waals surface area contributed by atoms with Gasteiger partial charge in [-0.2, -0.15) is 5.10 Å². The van der Waals surface area contributed by atoms with Gasteiger partial charge in [0, 0.05) is 18.8 Å². The molecule has 0 saturated carbocycles. The summed E-state index contributed by atoms with van der Waals surface area (Å²) in [6.45, 7) is 0. The summed E-state index contributed by atoms with van der Waals surface area (Å²) >= 11 is 0. The van der Waals surface area contributed by atoms with Crippen LogP contribution in [0.25, 0.3) is 0 Å². The second kappa shape index (κ2) is 5.96. The molecule has 0 fully saturated rings. The van der Waals surface area contributed by atoms with Gasteiger partial charge < -0.3 is 21.3 Å². The van der Waals surface area contributed by atoms with Gasteiger partial charge in [0.1, 0.15) is 12.1 Å².